The Hall–Kier alpha value is -2.63. The highest BCUT2D eigenvalue weighted by atomic mass is 16.2. The van der Waals surface area contributed by atoms with E-state index in [0.29, 0.717) is 18.8 Å². The number of aromatic nitrogens is 2. The third-order valence-corrected chi connectivity index (χ3v) is 4.93. The van der Waals surface area contributed by atoms with Crippen molar-refractivity contribution in [3.63, 3.8) is 0 Å². The zero-order chi connectivity index (χ0) is 18.0. The molecule has 1 aromatic carbocycles. The molecule has 2 amide bonds. The minimum absolute atomic E-state index is 0.0310. The molecule has 1 aromatic heterocycles. The number of nitrogens with one attached hydrogen (secondary N) is 1. The molecule has 1 fully saturated rings. The quantitative estimate of drug-likeness (QED) is 0.874. The van der Waals surface area contributed by atoms with Gasteiger partial charge >= 0.3 is 11.8 Å². The molecular formula is C19H24N4O2. The van der Waals surface area contributed by atoms with Gasteiger partial charge in [-0.1, -0.05) is 18.2 Å². The van der Waals surface area contributed by atoms with Crippen molar-refractivity contribution in [2.45, 2.75) is 46.2 Å². The van der Waals surface area contributed by atoms with Crippen molar-refractivity contribution in [1.29, 1.82) is 0 Å². The number of aryl methyl sites for hydroxylation is 2. The summed E-state index contributed by atoms with van der Waals surface area (Å²) >= 11 is 0. The first kappa shape index (κ1) is 17.2. The summed E-state index contributed by atoms with van der Waals surface area (Å²) in [6.07, 6.45) is 5.07. The lowest BCUT2D eigenvalue weighted by Crippen LogP contribution is -2.39. The van der Waals surface area contributed by atoms with E-state index in [9.17, 15) is 9.59 Å². The van der Waals surface area contributed by atoms with Crippen LogP contribution >= 0.6 is 0 Å². The average Bonchev–Trinajstić information content (AvgIpc) is 3.25. The van der Waals surface area contributed by atoms with E-state index in [1.807, 2.05) is 13.0 Å². The van der Waals surface area contributed by atoms with Gasteiger partial charge in [-0.25, -0.2) is 0 Å². The van der Waals surface area contributed by atoms with Gasteiger partial charge in [0, 0.05) is 19.3 Å². The van der Waals surface area contributed by atoms with E-state index in [2.05, 4.69) is 36.4 Å². The Balaban J connectivity index is 1.76. The molecule has 132 valence electrons. The van der Waals surface area contributed by atoms with Crippen LogP contribution in [0.3, 0.4) is 0 Å². The summed E-state index contributed by atoms with van der Waals surface area (Å²) in [7, 11) is 0. The fourth-order valence-electron chi connectivity index (χ4n) is 3.38. The molecule has 1 aliphatic rings. The fraction of sp³-hybridized carbons (Fsp3) is 0.421. The summed E-state index contributed by atoms with van der Waals surface area (Å²) in [5, 5.41) is 6.76. The van der Waals surface area contributed by atoms with Gasteiger partial charge in [-0.15, -0.1) is 0 Å². The van der Waals surface area contributed by atoms with Crippen molar-refractivity contribution >= 4 is 17.5 Å². The van der Waals surface area contributed by atoms with E-state index in [0.717, 1.165) is 18.4 Å². The van der Waals surface area contributed by atoms with Gasteiger partial charge in [0.15, 0.2) is 0 Å². The molecule has 6 nitrogen and oxygen atoms in total. The summed E-state index contributed by atoms with van der Waals surface area (Å²) in [5.74, 6) is -1.08. The molecule has 0 bridgehead atoms. The summed E-state index contributed by atoms with van der Waals surface area (Å²) in [6.45, 7) is 7.43. The Labute approximate surface area is 147 Å². The van der Waals surface area contributed by atoms with Crippen LogP contribution in [0.15, 0.2) is 30.6 Å². The minimum Gasteiger partial charge on any atom is -0.327 e. The van der Waals surface area contributed by atoms with Gasteiger partial charge in [0.25, 0.3) is 0 Å². The van der Waals surface area contributed by atoms with Gasteiger partial charge in [-0.3, -0.25) is 14.3 Å². The number of hydrogen-bond donors (Lipinski definition) is 1. The SMILES string of the molecule is CCn1cc(NC(=O)C(=O)N2CCC[C@@H]2c2cccc(C)c2C)cn1. The van der Waals surface area contributed by atoms with Gasteiger partial charge in [-0.05, 0) is 50.3 Å². The first-order chi connectivity index (χ1) is 12.0. The third-order valence-electron chi connectivity index (χ3n) is 4.93. The van der Waals surface area contributed by atoms with Gasteiger partial charge in [0.1, 0.15) is 0 Å². The van der Waals surface area contributed by atoms with Gasteiger partial charge in [-0.2, -0.15) is 5.10 Å². The highest BCUT2D eigenvalue weighted by Crippen LogP contribution is 2.34. The molecule has 3 rings (SSSR count). The molecule has 1 N–H and O–H groups in total. The van der Waals surface area contributed by atoms with Crippen LogP contribution in [0.4, 0.5) is 5.69 Å². The lowest BCUT2D eigenvalue weighted by Gasteiger charge is -2.26. The largest absolute Gasteiger partial charge is 0.327 e. The Morgan fingerprint density at radius 1 is 1.32 bits per heavy atom. The van der Waals surface area contributed by atoms with Crippen LogP contribution < -0.4 is 5.32 Å². The number of carbonyl (C=O) groups is 2. The molecule has 0 aliphatic carbocycles. The molecular weight excluding hydrogens is 316 g/mol. The molecule has 2 heterocycles. The molecule has 6 heteroatoms. The van der Waals surface area contributed by atoms with Crippen molar-refractivity contribution in [3.8, 4) is 0 Å². The third kappa shape index (κ3) is 3.43. The Morgan fingerprint density at radius 2 is 2.12 bits per heavy atom. The number of benzene rings is 1. The van der Waals surface area contributed by atoms with Crippen molar-refractivity contribution in [2.24, 2.45) is 0 Å². The number of rotatable bonds is 3. The van der Waals surface area contributed by atoms with Crippen LogP contribution in [-0.2, 0) is 16.1 Å². The lowest BCUT2D eigenvalue weighted by molar-refractivity contribution is -0.143. The monoisotopic (exact) mass is 340 g/mol. The molecule has 0 radical (unpaired) electrons. The van der Waals surface area contributed by atoms with Crippen LogP contribution in [0.1, 0.15) is 42.5 Å². The molecule has 25 heavy (non-hydrogen) atoms. The molecule has 0 saturated carbocycles. The zero-order valence-corrected chi connectivity index (χ0v) is 15.0. The first-order valence-corrected chi connectivity index (χ1v) is 8.71. The van der Waals surface area contributed by atoms with E-state index < -0.39 is 11.8 Å². The topological polar surface area (TPSA) is 67.2 Å². The Kier molecular flexibility index (Phi) is 4.88. The van der Waals surface area contributed by atoms with Crippen LogP contribution in [0.5, 0.6) is 0 Å². The summed E-state index contributed by atoms with van der Waals surface area (Å²) in [6, 6.07) is 6.11. The predicted molar refractivity (Wildman–Crippen MR) is 96.1 cm³/mol. The number of carbonyl (C=O) groups excluding carboxylic acids is 2. The van der Waals surface area contributed by atoms with E-state index in [1.165, 1.54) is 11.1 Å². The second kappa shape index (κ2) is 7.09. The van der Waals surface area contributed by atoms with E-state index in [4.69, 9.17) is 0 Å². The highest BCUT2D eigenvalue weighted by Gasteiger charge is 2.34. The van der Waals surface area contributed by atoms with Crippen LogP contribution in [0.2, 0.25) is 0 Å². The number of amides is 2. The maximum atomic E-state index is 12.7. The smallest absolute Gasteiger partial charge is 0.314 e. The second-order valence-corrected chi connectivity index (χ2v) is 6.48. The van der Waals surface area contributed by atoms with Crippen molar-refractivity contribution in [2.75, 3.05) is 11.9 Å². The molecule has 0 spiro atoms. The first-order valence-electron chi connectivity index (χ1n) is 8.71. The van der Waals surface area contributed by atoms with E-state index in [1.54, 1.807) is 22.0 Å². The number of hydrogen-bond acceptors (Lipinski definition) is 3. The van der Waals surface area contributed by atoms with Crippen molar-refractivity contribution < 1.29 is 9.59 Å². The average molecular weight is 340 g/mol. The van der Waals surface area contributed by atoms with Crippen LogP contribution in [-0.4, -0.2) is 33.0 Å². The molecule has 1 atom stereocenters. The number of likely N-dealkylation sites (tertiary alicyclic amines) is 1. The molecule has 2 aromatic rings. The zero-order valence-electron chi connectivity index (χ0n) is 15.0. The van der Waals surface area contributed by atoms with Gasteiger partial charge < -0.3 is 10.2 Å². The Morgan fingerprint density at radius 3 is 2.84 bits per heavy atom. The predicted octanol–water partition coefficient (Wildman–Crippen LogP) is 2.82. The molecule has 1 aliphatic heterocycles. The van der Waals surface area contributed by atoms with E-state index >= 15 is 0 Å². The number of nitrogens with zero attached hydrogens (tertiary/aromatic N) is 3. The summed E-state index contributed by atoms with van der Waals surface area (Å²) in [5.41, 5.74) is 4.07. The fourth-order valence-corrected chi connectivity index (χ4v) is 3.38. The minimum atomic E-state index is -0.604. The maximum absolute atomic E-state index is 12.7. The summed E-state index contributed by atoms with van der Waals surface area (Å²) < 4.78 is 1.70. The summed E-state index contributed by atoms with van der Waals surface area (Å²) in [4.78, 5) is 26.8. The van der Waals surface area contributed by atoms with Crippen LogP contribution in [0, 0.1) is 13.8 Å². The van der Waals surface area contributed by atoms with Crippen molar-refractivity contribution in [3.05, 3.63) is 47.3 Å². The van der Waals surface area contributed by atoms with Crippen LogP contribution in [0.25, 0.3) is 0 Å². The maximum Gasteiger partial charge on any atom is 0.314 e. The molecule has 1 saturated heterocycles. The lowest BCUT2D eigenvalue weighted by atomic mass is 9.96. The van der Waals surface area contributed by atoms with E-state index in [-0.39, 0.29) is 6.04 Å². The van der Waals surface area contributed by atoms with Crippen molar-refractivity contribution in [1.82, 2.24) is 14.7 Å². The second-order valence-electron chi connectivity index (χ2n) is 6.48. The normalized spacial score (nSPS) is 16.9. The standard InChI is InChI=1S/C19H24N4O2/c1-4-22-12-15(11-20-22)21-18(24)19(25)23-10-6-9-17(23)16-8-5-7-13(2)14(16)3/h5,7-8,11-12,17H,4,6,9-10H2,1-3H3,(H,21,24)/t17-/m1/s1. The Bertz CT molecular complexity index is 796. The molecule has 0 unspecified atom stereocenters. The highest BCUT2D eigenvalue weighted by molar-refractivity contribution is 6.39. The van der Waals surface area contributed by atoms with Gasteiger partial charge in [0.05, 0.1) is 17.9 Å². The van der Waals surface area contributed by atoms with Gasteiger partial charge in [0.2, 0.25) is 0 Å². The number of anilines is 1.